The molecule has 2 aromatic heterocycles. The number of nitrogens with two attached hydrogens (primary N) is 1. The molecule has 4 nitrogen and oxygen atoms in total. The van der Waals surface area contributed by atoms with Gasteiger partial charge in [-0.15, -0.1) is 0 Å². The number of hydrogen-bond acceptors (Lipinski definition) is 3. The van der Waals surface area contributed by atoms with Crippen molar-refractivity contribution in [2.45, 2.75) is 13.5 Å². The number of halogens is 2. The summed E-state index contributed by atoms with van der Waals surface area (Å²) in [6.45, 7) is -0.954. The van der Waals surface area contributed by atoms with Gasteiger partial charge in [-0.05, 0) is 36.8 Å². The van der Waals surface area contributed by atoms with Crippen LogP contribution in [-0.2, 0) is 0 Å². The van der Waals surface area contributed by atoms with Crippen LogP contribution in [0.3, 0.4) is 0 Å². The fourth-order valence-electron chi connectivity index (χ4n) is 2.22. The van der Waals surface area contributed by atoms with E-state index in [-0.39, 0.29) is 5.75 Å². The second-order valence-corrected chi connectivity index (χ2v) is 4.65. The number of alkyl halides is 2. The van der Waals surface area contributed by atoms with E-state index in [1.807, 2.05) is 19.1 Å². The van der Waals surface area contributed by atoms with E-state index >= 15 is 0 Å². The lowest BCUT2D eigenvalue weighted by molar-refractivity contribution is -0.0494. The zero-order valence-corrected chi connectivity index (χ0v) is 11.3. The Morgan fingerprint density at radius 3 is 2.76 bits per heavy atom. The van der Waals surface area contributed by atoms with Crippen LogP contribution in [0.1, 0.15) is 5.56 Å². The second kappa shape index (κ2) is 5.05. The van der Waals surface area contributed by atoms with Crippen LogP contribution in [0.25, 0.3) is 16.9 Å². The fraction of sp³-hybridized carbons (Fsp3) is 0.133. The molecule has 0 aliphatic heterocycles. The van der Waals surface area contributed by atoms with Gasteiger partial charge in [0, 0.05) is 11.8 Å². The molecule has 0 atom stereocenters. The van der Waals surface area contributed by atoms with E-state index in [2.05, 4.69) is 9.72 Å². The number of anilines is 1. The Labute approximate surface area is 119 Å². The maximum atomic E-state index is 12.5. The number of hydrogen-bond donors (Lipinski definition) is 1. The van der Waals surface area contributed by atoms with Gasteiger partial charge in [0.1, 0.15) is 22.9 Å². The van der Waals surface area contributed by atoms with Crippen molar-refractivity contribution in [3.63, 3.8) is 0 Å². The summed E-state index contributed by atoms with van der Waals surface area (Å²) >= 11 is 0. The van der Waals surface area contributed by atoms with Gasteiger partial charge >= 0.3 is 6.61 Å². The Kier molecular flexibility index (Phi) is 3.21. The number of imidazole rings is 1. The first-order chi connectivity index (χ1) is 10.1. The first-order valence-corrected chi connectivity index (χ1v) is 6.34. The Balaban J connectivity index is 2.19. The molecule has 21 heavy (non-hydrogen) atoms. The van der Waals surface area contributed by atoms with Gasteiger partial charge in [-0.1, -0.05) is 12.1 Å². The predicted molar refractivity (Wildman–Crippen MR) is 76.4 cm³/mol. The van der Waals surface area contributed by atoms with Crippen molar-refractivity contribution in [2.24, 2.45) is 0 Å². The molecular weight excluding hydrogens is 276 g/mol. The summed E-state index contributed by atoms with van der Waals surface area (Å²) in [6, 6.07) is 10.2. The fourth-order valence-corrected chi connectivity index (χ4v) is 2.22. The average Bonchev–Trinajstić information content (AvgIpc) is 2.75. The van der Waals surface area contributed by atoms with Crippen molar-refractivity contribution in [1.29, 1.82) is 0 Å². The number of aryl methyl sites for hydroxylation is 1. The van der Waals surface area contributed by atoms with Crippen molar-refractivity contribution in [3.05, 3.63) is 48.2 Å². The Hall–Kier alpha value is -2.63. The minimum absolute atomic E-state index is 0.0549. The highest BCUT2D eigenvalue weighted by Crippen LogP contribution is 2.34. The molecule has 0 saturated carbocycles. The van der Waals surface area contributed by atoms with Crippen LogP contribution in [0.4, 0.5) is 14.6 Å². The van der Waals surface area contributed by atoms with Crippen LogP contribution in [0.15, 0.2) is 42.6 Å². The first-order valence-electron chi connectivity index (χ1n) is 6.34. The summed E-state index contributed by atoms with van der Waals surface area (Å²) in [5, 5.41) is 0. The van der Waals surface area contributed by atoms with Crippen LogP contribution in [0.2, 0.25) is 0 Å². The molecule has 0 saturated heterocycles. The maximum absolute atomic E-state index is 12.5. The van der Waals surface area contributed by atoms with Crippen LogP contribution < -0.4 is 10.5 Å². The minimum Gasteiger partial charge on any atom is -0.434 e. The Morgan fingerprint density at radius 2 is 2.00 bits per heavy atom. The molecule has 108 valence electrons. The van der Waals surface area contributed by atoms with Gasteiger partial charge in [0.15, 0.2) is 0 Å². The molecule has 3 rings (SSSR count). The number of fused-ring (bicyclic) bond motifs is 1. The van der Waals surface area contributed by atoms with E-state index in [9.17, 15) is 8.78 Å². The number of pyridine rings is 1. The quantitative estimate of drug-likeness (QED) is 0.803. The third kappa shape index (κ3) is 2.40. The van der Waals surface area contributed by atoms with E-state index in [0.717, 1.165) is 5.56 Å². The highest BCUT2D eigenvalue weighted by atomic mass is 19.3. The van der Waals surface area contributed by atoms with Crippen molar-refractivity contribution in [1.82, 2.24) is 9.38 Å². The van der Waals surface area contributed by atoms with Crippen molar-refractivity contribution in [2.75, 3.05) is 5.73 Å². The van der Waals surface area contributed by atoms with Crippen molar-refractivity contribution >= 4 is 11.5 Å². The number of rotatable bonds is 3. The first kappa shape index (κ1) is 13.4. The summed E-state index contributed by atoms with van der Waals surface area (Å²) in [5.41, 5.74) is 8.65. The summed E-state index contributed by atoms with van der Waals surface area (Å²) in [5.74, 6) is 0.439. The van der Waals surface area contributed by atoms with Crippen molar-refractivity contribution in [3.8, 4) is 17.0 Å². The van der Waals surface area contributed by atoms with E-state index < -0.39 is 6.61 Å². The van der Waals surface area contributed by atoms with Crippen molar-refractivity contribution < 1.29 is 13.5 Å². The van der Waals surface area contributed by atoms with Gasteiger partial charge in [0.25, 0.3) is 0 Å². The van der Waals surface area contributed by atoms with Crippen LogP contribution in [0, 0.1) is 6.92 Å². The molecule has 2 N–H and O–H groups in total. The zero-order valence-electron chi connectivity index (χ0n) is 11.3. The second-order valence-electron chi connectivity index (χ2n) is 4.65. The monoisotopic (exact) mass is 289 g/mol. The molecular formula is C15H13F2N3O. The summed E-state index contributed by atoms with van der Waals surface area (Å²) in [4.78, 5) is 4.42. The highest BCUT2D eigenvalue weighted by molar-refractivity contribution is 5.79. The third-order valence-electron chi connectivity index (χ3n) is 3.18. The topological polar surface area (TPSA) is 52.5 Å². The zero-order chi connectivity index (χ0) is 15.0. The Bertz CT molecular complexity index is 799. The molecule has 0 unspecified atom stereocenters. The van der Waals surface area contributed by atoms with E-state index in [0.29, 0.717) is 22.7 Å². The molecule has 0 radical (unpaired) electrons. The lowest BCUT2D eigenvalue weighted by Crippen LogP contribution is -2.03. The van der Waals surface area contributed by atoms with Crippen LogP contribution in [-0.4, -0.2) is 16.0 Å². The molecule has 0 aliphatic carbocycles. The van der Waals surface area contributed by atoms with Gasteiger partial charge in [0.2, 0.25) is 0 Å². The number of ether oxygens (including phenoxy) is 1. The third-order valence-corrected chi connectivity index (χ3v) is 3.18. The normalized spacial score (nSPS) is 11.2. The smallest absolute Gasteiger partial charge is 0.387 e. The lowest BCUT2D eigenvalue weighted by Gasteiger charge is -2.09. The van der Waals surface area contributed by atoms with Gasteiger partial charge in [-0.25, -0.2) is 4.98 Å². The highest BCUT2D eigenvalue weighted by Gasteiger charge is 2.17. The molecule has 1 aromatic carbocycles. The molecule has 3 aromatic rings. The van der Waals surface area contributed by atoms with Crippen LogP contribution in [0.5, 0.6) is 5.75 Å². The molecule has 0 spiro atoms. The van der Waals surface area contributed by atoms with Gasteiger partial charge in [-0.3, -0.25) is 4.40 Å². The SMILES string of the molecule is Cc1ccn2c(N)c(-c3ccccc3OC(F)F)nc2c1. The number of nitrogens with zero attached hydrogens (tertiary/aromatic N) is 2. The minimum atomic E-state index is -2.90. The summed E-state index contributed by atoms with van der Waals surface area (Å²) in [6.07, 6.45) is 1.80. The average molecular weight is 289 g/mol. The number of nitrogen functional groups attached to an aromatic ring is 1. The molecule has 0 fully saturated rings. The van der Waals surface area contributed by atoms with Gasteiger partial charge in [0.05, 0.1) is 0 Å². The largest absolute Gasteiger partial charge is 0.434 e. The number of aromatic nitrogens is 2. The standard InChI is InChI=1S/C15H13F2N3O/c1-9-6-7-20-12(8-9)19-13(14(20)18)10-4-2-3-5-11(10)21-15(16)17/h2-8,15H,18H2,1H3. The maximum Gasteiger partial charge on any atom is 0.387 e. The molecule has 2 heterocycles. The lowest BCUT2D eigenvalue weighted by atomic mass is 10.1. The van der Waals surface area contributed by atoms with E-state index in [1.54, 1.807) is 28.8 Å². The Morgan fingerprint density at radius 1 is 1.24 bits per heavy atom. The molecule has 0 bridgehead atoms. The molecule has 0 aliphatic rings. The summed E-state index contributed by atoms with van der Waals surface area (Å²) in [7, 11) is 0. The predicted octanol–water partition coefficient (Wildman–Crippen LogP) is 3.49. The van der Waals surface area contributed by atoms with Gasteiger partial charge < -0.3 is 10.5 Å². The summed E-state index contributed by atoms with van der Waals surface area (Å²) < 4.78 is 31.2. The molecule has 6 heteroatoms. The van der Waals surface area contributed by atoms with E-state index in [4.69, 9.17) is 5.73 Å². The van der Waals surface area contributed by atoms with Gasteiger partial charge in [-0.2, -0.15) is 8.78 Å². The number of benzene rings is 1. The van der Waals surface area contributed by atoms with Crippen LogP contribution >= 0.6 is 0 Å². The molecule has 0 amide bonds. The number of para-hydroxylation sites is 1. The van der Waals surface area contributed by atoms with E-state index in [1.165, 1.54) is 6.07 Å².